The van der Waals surface area contributed by atoms with Gasteiger partial charge >= 0.3 is 7.52 Å². The molecule has 0 radical (unpaired) electrons. The van der Waals surface area contributed by atoms with Gasteiger partial charge in [0.15, 0.2) is 11.9 Å². The van der Waals surface area contributed by atoms with Gasteiger partial charge in [-0.1, -0.05) is 25.1 Å². The number of pyridine rings is 1. The minimum atomic E-state index is -3.49. The van der Waals surface area contributed by atoms with Gasteiger partial charge in [0.2, 0.25) is 0 Å². The van der Waals surface area contributed by atoms with Crippen LogP contribution < -0.4 is 15.3 Å². The van der Waals surface area contributed by atoms with Crippen molar-refractivity contribution in [2.45, 2.75) is 58.1 Å². The van der Waals surface area contributed by atoms with Crippen LogP contribution in [0.15, 0.2) is 48.9 Å². The fraction of sp³-hybridized carbons (Fsp3) is 0.500. The van der Waals surface area contributed by atoms with E-state index in [1.807, 2.05) is 36.6 Å². The highest BCUT2D eigenvalue weighted by Gasteiger charge is 2.34. The molecule has 0 aliphatic carbocycles. The number of anilines is 1. The molecule has 35 heavy (non-hydrogen) atoms. The number of imidazole rings is 1. The van der Waals surface area contributed by atoms with Crippen molar-refractivity contribution < 1.29 is 23.3 Å². The summed E-state index contributed by atoms with van der Waals surface area (Å²) in [4.78, 5) is 8.72. The normalized spacial score (nSPS) is 18.6. The van der Waals surface area contributed by atoms with Gasteiger partial charge in [0.05, 0.1) is 30.7 Å². The molecule has 1 aliphatic heterocycles. The number of ether oxygens (including phenoxy) is 3. The summed E-state index contributed by atoms with van der Waals surface area (Å²) in [5.41, 5.74) is 7.88. The van der Waals surface area contributed by atoms with Gasteiger partial charge in [0.25, 0.3) is 0 Å². The Labute approximate surface area is 205 Å². The van der Waals surface area contributed by atoms with E-state index in [0.717, 1.165) is 12.8 Å². The molecule has 10 nitrogen and oxygen atoms in total. The van der Waals surface area contributed by atoms with Crippen LogP contribution >= 0.6 is 7.52 Å². The lowest BCUT2D eigenvalue weighted by atomic mass is 10.2. The topological polar surface area (TPSA) is 123 Å². The number of nitrogens with two attached hydrogens (primary N) is 1. The molecule has 190 valence electrons. The first-order chi connectivity index (χ1) is 17.0. The predicted molar refractivity (Wildman–Crippen MR) is 134 cm³/mol. The van der Waals surface area contributed by atoms with E-state index < -0.39 is 13.8 Å². The number of hydrogen-bond acceptors (Lipinski definition) is 8. The molecular formula is C24H34N5O5P. The first-order valence-electron chi connectivity index (χ1n) is 12.0. The molecule has 3 atom stereocenters. The molecule has 1 aromatic carbocycles. The highest BCUT2D eigenvalue weighted by atomic mass is 31.2. The summed E-state index contributed by atoms with van der Waals surface area (Å²) in [6.45, 7) is 5.58. The van der Waals surface area contributed by atoms with Crippen LogP contribution in [0.4, 0.5) is 5.69 Å². The summed E-state index contributed by atoms with van der Waals surface area (Å²) in [6, 6.07) is 10.5. The van der Waals surface area contributed by atoms with E-state index in [-0.39, 0.29) is 18.5 Å². The molecular weight excluding hydrogens is 469 g/mol. The predicted octanol–water partition coefficient (Wildman–Crippen LogP) is 4.17. The van der Waals surface area contributed by atoms with Gasteiger partial charge < -0.3 is 29.0 Å². The lowest BCUT2D eigenvalue weighted by molar-refractivity contribution is -0.142. The van der Waals surface area contributed by atoms with Crippen LogP contribution in [0.25, 0.3) is 11.2 Å². The molecule has 0 saturated carbocycles. The minimum absolute atomic E-state index is 0.130. The van der Waals surface area contributed by atoms with Crippen molar-refractivity contribution in [1.82, 2.24) is 19.6 Å². The second-order valence-electron chi connectivity index (χ2n) is 8.61. The first-order valence-corrected chi connectivity index (χ1v) is 13.8. The molecule has 2 aromatic heterocycles. The van der Waals surface area contributed by atoms with Gasteiger partial charge in [0, 0.05) is 19.4 Å². The van der Waals surface area contributed by atoms with Gasteiger partial charge in [-0.25, -0.2) is 15.1 Å². The van der Waals surface area contributed by atoms with Crippen molar-refractivity contribution in [2.24, 2.45) is 0 Å². The average Bonchev–Trinajstić information content (AvgIpc) is 3.08. The number of para-hydroxylation sites is 1. The second kappa shape index (κ2) is 12.0. The smallest absolute Gasteiger partial charge is 0.342 e. The van der Waals surface area contributed by atoms with E-state index in [1.165, 1.54) is 0 Å². The Morgan fingerprint density at radius 2 is 1.94 bits per heavy atom. The zero-order chi connectivity index (χ0) is 24.7. The molecule has 11 heteroatoms. The molecule has 0 spiro atoms. The van der Waals surface area contributed by atoms with E-state index in [9.17, 15) is 4.57 Å². The van der Waals surface area contributed by atoms with Crippen LogP contribution in [0.5, 0.6) is 5.75 Å². The Morgan fingerprint density at radius 3 is 2.66 bits per heavy atom. The number of aromatic nitrogens is 3. The Kier molecular flexibility index (Phi) is 8.75. The zero-order valence-electron chi connectivity index (χ0n) is 20.2. The Morgan fingerprint density at radius 1 is 1.20 bits per heavy atom. The number of nitrogens with zero attached hydrogens (tertiary/aromatic N) is 3. The number of fused-ring (bicyclic) bond motifs is 1. The highest BCUT2D eigenvalue weighted by Crippen LogP contribution is 2.44. The molecule has 0 bridgehead atoms. The van der Waals surface area contributed by atoms with Crippen molar-refractivity contribution in [3.8, 4) is 5.75 Å². The SMILES string of the molecule is CC[C@H](NP(=O)(CO[C@H](C)Cn1cnc2c(N)ccnc21)Oc1ccccc1)C1OCCCCO1. The third-order valence-corrected chi connectivity index (χ3v) is 7.47. The summed E-state index contributed by atoms with van der Waals surface area (Å²) in [7, 11) is -3.49. The number of benzene rings is 1. The molecule has 3 heterocycles. The van der Waals surface area contributed by atoms with Gasteiger partial charge in [-0.05, 0) is 44.4 Å². The van der Waals surface area contributed by atoms with Crippen LogP contribution in [0.1, 0.15) is 33.1 Å². The monoisotopic (exact) mass is 503 g/mol. The lowest BCUT2D eigenvalue weighted by Crippen LogP contribution is -2.42. The Balaban J connectivity index is 1.46. The molecule has 1 unspecified atom stereocenters. The van der Waals surface area contributed by atoms with E-state index in [4.69, 9.17) is 24.5 Å². The van der Waals surface area contributed by atoms with Crippen molar-refractivity contribution in [3.63, 3.8) is 0 Å². The summed E-state index contributed by atoms with van der Waals surface area (Å²) < 4.78 is 39.7. The lowest BCUT2D eigenvalue weighted by Gasteiger charge is -2.30. The van der Waals surface area contributed by atoms with Gasteiger partial charge in [-0.3, -0.25) is 4.57 Å². The zero-order valence-corrected chi connectivity index (χ0v) is 21.1. The first kappa shape index (κ1) is 25.6. The van der Waals surface area contributed by atoms with Gasteiger partial charge in [-0.2, -0.15) is 0 Å². The summed E-state index contributed by atoms with van der Waals surface area (Å²) in [6.07, 6.45) is 4.93. The van der Waals surface area contributed by atoms with Crippen LogP contribution in [-0.2, 0) is 25.3 Å². The van der Waals surface area contributed by atoms with Crippen LogP contribution in [0.3, 0.4) is 0 Å². The highest BCUT2D eigenvalue weighted by molar-refractivity contribution is 7.57. The third kappa shape index (κ3) is 6.80. The molecule has 3 N–H and O–H groups in total. The summed E-state index contributed by atoms with van der Waals surface area (Å²) in [5.74, 6) is 0.498. The van der Waals surface area contributed by atoms with E-state index in [1.54, 1.807) is 30.7 Å². The maximum Gasteiger partial charge on any atom is 0.342 e. The van der Waals surface area contributed by atoms with E-state index in [0.29, 0.717) is 48.8 Å². The van der Waals surface area contributed by atoms with Gasteiger partial charge in [0.1, 0.15) is 17.6 Å². The number of nitrogen functional groups attached to an aromatic ring is 1. The number of nitrogens with one attached hydrogen (secondary N) is 1. The largest absolute Gasteiger partial charge is 0.431 e. The molecule has 1 aliphatic rings. The molecule has 1 fully saturated rings. The maximum atomic E-state index is 14.0. The maximum absolute atomic E-state index is 14.0. The van der Waals surface area contributed by atoms with Crippen LogP contribution in [0.2, 0.25) is 0 Å². The fourth-order valence-corrected chi connectivity index (χ4v) is 5.80. The standard InChI is InChI=1S/C24H34N5O5P/c1-3-21(24-31-13-7-8-14-32-24)28-35(30,34-19-9-5-4-6-10-19)17-33-18(2)15-29-16-27-22-20(25)11-12-26-23(22)29/h4-6,9-12,16,18,21,24H,3,7-8,13-15,17H2,1-2H3,(H2,25,26)(H,28,30)/t18-,21+,35?/m1/s1. The number of rotatable bonds is 11. The summed E-state index contributed by atoms with van der Waals surface area (Å²) in [5, 5.41) is 3.19. The molecule has 4 rings (SSSR count). The van der Waals surface area contributed by atoms with Crippen molar-refractivity contribution in [2.75, 3.05) is 25.3 Å². The van der Waals surface area contributed by atoms with Crippen LogP contribution in [0, 0.1) is 0 Å². The van der Waals surface area contributed by atoms with Crippen molar-refractivity contribution in [3.05, 3.63) is 48.9 Å². The van der Waals surface area contributed by atoms with Crippen molar-refractivity contribution in [1.29, 1.82) is 0 Å². The molecule has 3 aromatic rings. The van der Waals surface area contributed by atoms with Crippen molar-refractivity contribution >= 4 is 24.4 Å². The number of hydrogen-bond donors (Lipinski definition) is 2. The summed E-state index contributed by atoms with van der Waals surface area (Å²) >= 11 is 0. The average molecular weight is 504 g/mol. The minimum Gasteiger partial charge on any atom is -0.431 e. The van der Waals surface area contributed by atoms with E-state index >= 15 is 0 Å². The van der Waals surface area contributed by atoms with Gasteiger partial charge in [-0.15, -0.1) is 0 Å². The van der Waals surface area contributed by atoms with E-state index in [2.05, 4.69) is 15.1 Å². The van der Waals surface area contributed by atoms with Crippen LogP contribution in [-0.4, -0.2) is 52.5 Å². The Bertz CT molecular complexity index is 1120. The third-order valence-electron chi connectivity index (χ3n) is 5.75. The molecule has 1 saturated heterocycles. The fourth-order valence-electron chi connectivity index (χ4n) is 3.89. The Hall–Kier alpha value is -2.49. The quantitative estimate of drug-likeness (QED) is 0.371. The molecule has 0 amide bonds. The second-order valence-corrected chi connectivity index (χ2v) is 10.7.